The van der Waals surface area contributed by atoms with Gasteiger partial charge in [0.05, 0.1) is 25.6 Å². The first-order chi connectivity index (χ1) is 16.7. The molecule has 4 rings (SSSR count). The van der Waals surface area contributed by atoms with E-state index in [4.69, 9.17) is 9.47 Å². The second-order valence-electron chi connectivity index (χ2n) is 7.82. The van der Waals surface area contributed by atoms with Gasteiger partial charge < -0.3 is 14.8 Å². The summed E-state index contributed by atoms with van der Waals surface area (Å²) in [7, 11) is 3.28. The van der Waals surface area contributed by atoms with Crippen LogP contribution in [0.2, 0.25) is 0 Å². The Balaban J connectivity index is 1.43. The lowest BCUT2D eigenvalue weighted by molar-refractivity contribution is 0.259. The maximum absolute atomic E-state index is 13.2. The average Bonchev–Trinajstić information content (AvgIpc) is 2.89. The van der Waals surface area contributed by atoms with E-state index in [-0.39, 0.29) is 6.03 Å². The number of carbonyl (C=O) groups is 1. The summed E-state index contributed by atoms with van der Waals surface area (Å²) >= 11 is 0. The largest absolute Gasteiger partial charge is 0.493 e. The van der Waals surface area contributed by atoms with Crippen molar-refractivity contribution in [2.24, 2.45) is 0 Å². The number of ether oxygens (including phenoxy) is 2. The van der Waals surface area contributed by atoms with Crippen LogP contribution >= 0.6 is 0 Å². The molecule has 4 aromatic carbocycles. The highest BCUT2D eigenvalue weighted by molar-refractivity contribution is 6.07. The van der Waals surface area contributed by atoms with Crippen LogP contribution < -0.4 is 19.7 Å². The van der Waals surface area contributed by atoms with E-state index < -0.39 is 0 Å². The van der Waals surface area contributed by atoms with Gasteiger partial charge in [0.25, 0.3) is 0 Å². The highest BCUT2D eigenvalue weighted by Crippen LogP contribution is 2.28. The molecule has 5 nitrogen and oxygen atoms in total. The quantitative estimate of drug-likeness (QED) is 0.318. The molecule has 0 radical (unpaired) electrons. The fraction of sp³-hybridized carbons (Fsp3) is 0.138. The molecule has 0 saturated carbocycles. The first-order valence-corrected chi connectivity index (χ1v) is 11.2. The van der Waals surface area contributed by atoms with E-state index >= 15 is 0 Å². The Morgan fingerprint density at radius 2 is 1.21 bits per heavy atom. The molecule has 0 atom stereocenters. The predicted molar refractivity (Wildman–Crippen MR) is 137 cm³/mol. The van der Waals surface area contributed by atoms with Crippen molar-refractivity contribution in [3.63, 3.8) is 0 Å². The van der Waals surface area contributed by atoms with Crippen LogP contribution in [0.5, 0.6) is 11.5 Å². The molecule has 172 valence electrons. The summed E-state index contributed by atoms with van der Waals surface area (Å²) < 4.78 is 10.7. The molecule has 34 heavy (non-hydrogen) atoms. The number of amides is 2. The molecule has 4 aromatic rings. The number of hydrogen-bond acceptors (Lipinski definition) is 3. The number of nitrogens with zero attached hydrogens (tertiary/aromatic N) is 1. The summed E-state index contributed by atoms with van der Waals surface area (Å²) in [6.45, 7) is 0. The van der Waals surface area contributed by atoms with E-state index in [1.165, 1.54) is 11.1 Å². The van der Waals surface area contributed by atoms with Gasteiger partial charge in [0.1, 0.15) is 0 Å². The molecule has 0 aromatic heterocycles. The summed E-state index contributed by atoms with van der Waals surface area (Å²) in [5, 5.41) is 3.02. The molecule has 0 aliphatic heterocycles. The van der Waals surface area contributed by atoms with Crippen molar-refractivity contribution in [1.82, 2.24) is 0 Å². The Morgan fingerprint density at radius 3 is 1.76 bits per heavy atom. The van der Waals surface area contributed by atoms with Crippen molar-refractivity contribution in [3.05, 3.63) is 114 Å². The molecular formula is C29H28N2O3. The molecule has 0 unspecified atom stereocenters. The molecule has 0 heterocycles. The molecule has 0 saturated heterocycles. The number of rotatable bonds is 8. The van der Waals surface area contributed by atoms with Crippen molar-refractivity contribution in [3.8, 4) is 11.5 Å². The third-order valence-electron chi connectivity index (χ3n) is 5.59. The zero-order valence-corrected chi connectivity index (χ0v) is 19.4. The van der Waals surface area contributed by atoms with Gasteiger partial charge in [-0.15, -0.1) is 0 Å². The van der Waals surface area contributed by atoms with Gasteiger partial charge in [-0.3, -0.25) is 4.90 Å². The lowest BCUT2D eigenvalue weighted by atomic mass is 10.0. The minimum absolute atomic E-state index is 0.213. The van der Waals surface area contributed by atoms with Crippen LogP contribution in [0.4, 0.5) is 21.9 Å². The second-order valence-corrected chi connectivity index (χ2v) is 7.82. The summed E-state index contributed by atoms with van der Waals surface area (Å²) in [5.74, 6) is 1.46. The summed E-state index contributed by atoms with van der Waals surface area (Å²) in [5.41, 5.74) is 4.72. The standard InChI is InChI=1S/C29H28N2O3/c1-33-27-20-17-23(21-28(27)34-2)14-13-22-15-18-24(19-16-22)30-29(32)31(25-9-5-3-6-10-25)26-11-7-4-8-12-26/h3-12,15-21H,13-14H2,1-2H3,(H,30,32). The van der Waals surface area contributed by atoms with E-state index in [0.717, 1.165) is 41.4 Å². The normalized spacial score (nSPS) is 10.4. The lowest BCUT2D eigenvalue weighted by Crippen LogP contribution is -2.30. The van der Waals surface area contributed by atoms with Crippen molar-refractivity contribution in [2.45, 2.75) is 12.8 Å². The molecule has 1 N–H and O–H groups in total. The van der Waals surface area contributed by atoms with Crippen LogP contribution in [-0.2, 0) is 12.8 Å². The fourth-order valence-electron chi connectivity index (χ4n) is 3.80. The van der Waals surface area contributed by atoms with E-state index in [1.54, 1.807) is 19.1 Å². The molecule has 0 aliphatic carbocycles. The maximum Gasteiger partial charge on any atom is 0.330 e. The molecule has 0 aliphatic rings. The predicted octanol–water partition coefficient (Wildman–Crippen LogP) is 6.86. The van der Waals surface area contributed by atoms with Gasteiger partial charge >= 0.3 is 6.03 Å². The van der Waals surface area contributed by atoms with Crippen LogP contribution in [-0.4, -0.2) is 20.3 Å². The van der Waals surface area contributed by atoms with Crippen molar-refractivity contribution < 1.29 is 14.3 Å². The lowest BCUT2D eigenvalue weighted by Gasteiger charge is -2.23. The first kappa shape index (κ1) is 22.9. The molecule has 2 amide bonds. The number of methoxy groups -OCH3 is 2. The van der Waals surface area contributed by atoms with Gasteiger partial charge in [0.2, 0.25) is 0 Å². The number of nitrogens with one attached hydrogen (secondary N) is 1. The van der Waals surface area contributed by atoms with Crippen molar-refractivity contribution >= 4 is 23.1 Å². The third kappa shape index (κ3) is 5.56. The Kier molecular flexibility index (Phi) is 7.45. The molecule has 0 spiro atoms. The van der Waals surface area contributed by atoms with Crippen LogP contribution in [0.1, 0.15) is 11.1 Å². The van der Waals surface area contributed by atoms with Crippen LogP contribution in [0.15, 0.2) is 103 Å². The van der Waals surface area contributed by atoms with Crippen LogP contribution in [0.25, 0.3) is 0 Å². The topological polar surface area (TPSA) is 50.8 Å². The number of para-hydroxylation sites is 2. The van der Waals surface area contributed by atoms with E-state index in [9.17, 15) is 4.79 Å². The Labute approximate surface area is 200 Å². The molecule has 0 fully saturated rings. The van der Waals surface area contributed by atoms with Crippen molar-refractivity contribution in [1.29, 1.82) is 0 Å². The van der Waals surface area contributed by atoms with Gasteiger partial charge in [-0.25, -0.2) is 4.79 Å². The minimum Gasteiger partial charge on any atom is -0.493 e. The van der Waals surface area contributed by atoms with Gasteiger partial charge in [-0.1, -0.05) is 54.6 Å². The molecule has 5 heteroatoms. The number of benzene rings is 4. The summed E-state index contributed by atoms with van der Waals surface area (Å²) in [4.78, 5) is 14.9. The smallest absolute Gasteiger partial charge is 0.330 e. The fourth-order valence-corrected chi connectivity index (χ4v) is 3.80. The summed E-state index contributed by atoms with van der Waals surface area (Å²) in [6, 6.07) is 33.0. The Bertz CT molecular complexity index is 1170. The second kappa shape index (κ2) is 11.1. The number of anilines is 3. The zero-order chi connectivity index (χ0) is 23.8. The van der Waals surface area contributed by atoms with Crippen LogP contribution in [0, 0.1) is 0 Å². The van der Waals surface area contributed by atoms with Gasteiger partial charge in [-0.05, 0) is 72.5 Å². The van der Waals surface area contributed by atoms with Crippen molar-refractivity contribution in [2.75, 3.05) is 24.4 Å². The van der Waals surface area contributed by atoms with E-state index in [2.05, 4.69) is 11.4 Å². The number of carbonyl (C=O) groups excluding carboxylic acids is 1. The third-order valence-corrected chi connectivity index (χ3v) is 5.59. The zero-order valence-electron chi connectivity index (χ0n) is 19.4. The van der Waals surface area contributed by atoms with E-state index in [0.29, 0.717) is 0 Å². The number of hydrogen-bond donors (Lipinski definition) is 1. The Morgan fingerprint density at radius 1 is 0.676 bits per heavy atom. The van der Waals surface area contributed by atoms with E-state index in [1.807, 2.05) is 97.1 Å². The highest BCUT2D eigenvalue weighted by Gasteiger charge is 2.17. The Hall–Kier alpha value is -4.25. The maximum atomic E-state index is 13.2. The number of urea groups is 1. The highest BCUT2D eigenvalue weighted by atomic mass is 16.5. The number of aryl methyl sites for hydroxylation is 2. The summed E-state index contributed by atoms with van der Waals surface area (Å²) in [6.07, 6.45) is 1.76. The van der Waals surface area contributed by atoms with Crippen LogP contribution in [0.3, 0.4) is 0 Å². The monoisotopic (exact) mass is 452 g/mol. The SMILES string of the molecule is COc1ccc(CCc2ccc(NC(=O)N(c3ccccc3)c3ccccc3)cc2)cc1OC. The van der Waals surface area contributed by atoms with Gasteiger partial charge in [0, 0.05) is 5.69 Å². The van der Waals surface area contributed by atoms with Gasteiger partial charge in [0.15, 0.2) is 11.5 Å². The van der Waals surface area contributed by atoms with Gasteiger partial charge in [-0.2, -0.15) is 0 Å². The average molecular weight is 453 g/mol. The first-order valence-electron chi connectivity index (χ1n) is 11.2. The molecular weight excluding hydrogens is 424 g/mol. The minimum atomic E-state index is -0.213. The molecule has 0 bridgehead atoms.